The molecule has 1 saturated heterocycles. The Labute approximate surface area is 119 Å². The van der Waals surface area contributed by atoms with E-state index < -0.39 is 0 Å². The van der Waals surface area contributed by atoms with Gasteiger partial charge in [-0.3, -0.25) is 4.90 Å². The topological polar surface area (TPSA) is 15.3 Å². The van der Waals surface area contributed by atoms with Crippen molar-refractivity contribution < 1.29 is 0 Å². The van der Waals surface area contributed by atoms with Crippen molar-refractivity contribution in [3.05, 3.63) is 0 Å². The summed E-state index contributed by atoms with van der Waals surface area (Å²) in [5.74, 6) is 0.971. The minimum Gasteiger partial charge on any atom is -0.313 e. The lowest BCUT2D eigenvalue weighted by atomic mass is 10.0. The van der Waals surface area contributed by atoms with Crippen molar-refractivity contribution in [1.29, 1.82) is 0 Å². The smallest absolute Gasteiger partial charge is 0.0195 e. The highest BCUT2D eigenvalue weighted by Crippen LogP contribution is 2.34. The van der Waals surface area contributed by atoms with E-state index in [1.165, 1.54) is 77.3 Å². The van der Waals surface area contributed by atoms with Gasteiger partial charge in [0.2, 0.25) is 0 Å². The monoisotopic (exact) mass is 264 g/mol. The normalized spacial score (nSPS) is 37.3. The predicted molar refractivity (Wildman–Crippen MR) is 81.4 cm³/mol. The van der Waals surface area contributed by atoms with Gasteiger partial charge in [-0.1, -0.05) is 26.2 Å². The SMILES string of the molecule is CC1CCCC(N(CC2CCCCN2)C2CC2)CC1. The van der Waals surface area contributed by atoms with Crippen LogP contribution in [0.25, 0.3) is 0 Å². The van der Waals surface area contributed by atoms with Gasteiger partial charge in [-0.05, 0) is 57.4 Å². The number of nitrogens with zero attached hydrogens (tertiary/aromatic N) is 1. The maximum atomic E-state index is 3.75. The van der Waals surface area contributed by atoms with Gasteiger partial charge in [0.1, 0.15) is 0 Å². The van der Waals surface area contributed by atoms with Gasteiger partial charge >= 0.3 is 0 Å². The molecule has 0 amide bonds. The molecule has 0 aromatic rings. The van der Waals surface area contributed by atoms with E-state index >= 15 is 0 Å². The molecule has 3 aliphatic rings. The molecule has 3 fully saturated rings. The molecular weight excluding hydrogens is 232 g/mol. The van der Waals surface area contributed by atoms with E-state index in [4.69, 9.17) is 0 Å². The first-order chi connectivity index (χ1) is 9.33. The molecule has 0 aromatic carbocycles. The van der Waals surface area contributed by atoms with Crippen LogP contribution in [0, 0.1) is 5.92 Å². The molecule has 1 heterocycles. The molecule has 19 heavy (non-hydrogen) atoms. The summed E-state index contributed by atoms with van der Waals surface area (Å²) < 4.78 is 0. The maximum absolute atomic E-state index is 3.75. The Morgan fingerprint density at radius 2 is 1.63 bits per heavy atom. The zero-order chi connectivity index (χ0) is 13.1. The Balaban J connectivity index is 1.56. The fraction of sp³-hybridized carbons (Fsp3) is 1.00. The van der Waals surface area contributed by atoms with Crippen LogP contribution in [0.15, 0.2) is 0 Å². The first kappa shape index (κ1) is 13.9. The summed E-state index contributed by atoms with van der Waals surface area (Å²) in [6, 6.07) is 2.64. The molecule has 1 aliphatic heterocycles. The fourth-order valence-electron chi connectivity index (χ4n) is 4.14. The van der Waals surface area contributed by atoms with Crippen molar-refractivity contribution in [1.82, 2.24) is 10.2 Å². The number of hydrogen-bond donors (Lipinski definition) is 1. The summed E-state index contributed by atoms with van der Waals surface area (Å²) in [5.41, 5.74) is 0. The average molecular weight is 264 g/mol. The van der Waals surface area contributed by atoms with E-state index in [9.17, 15) is 0 Å². The van der Waals surface area contributed by atoms with Crippen LogP contribution in [-0.4, -0.2) is 36.1 Å². The lowest BCUT2D eigenvalue weighted by molar-refractivity contribution is 0.142. The molecule has 1 N–H and O–H groups in total. The van der Waals surface area contributed by atoms with E-state index in [0.717, 1.165) is 24.0 Å². The summed E-state index contributed by atoms with van der Waals surface area (Å²) in [6.07, 6.45) is 14.5. The largest absolute Gasteiger partial charge is 0.313 e. The van der Waals surface area contributed by atoms with Gasteiger partial charge in [-0.25, -0.2) is 0 Å². The molecule has 0 bridgehead atoms. The molecule has 2 heteroatoms. The molecule has 2 saturated carbocycles. The van der Waals surface area contributed by atoms with E-state index in [1.807, 2.05) is 0 Å². The van der Waals surface area contributed by atoms with Gasteiger partial charge in [-0.15, -0.1) is 0 Å². The molecule has 3 atom stereocenters. The number of nitrogens with one attached hydrogen (secondary N) is 1. The first-order valence-corrected chi connectivity index (χ1v) is 8.82. The Morgan fingerprint density at radius 1 is 0.842 bits per heavy atom. The Kier molecular flexibility index (Phi) is 4.81. The molecule has 2 nitrogen and oxygen atoms in total. The highest BCUT2D eigenvalue weighted by molar-refractivity contribution is 4.92. The molecule has 0 aromatic heterocycles. The molecule has 110 valence electrons. The van der Waals surface area contributed by atoms with Crippen LogP contribution >= 0.6 is 0 Å². The zero-order valence-electron chi connectivity index (χ0n) is 12.7. The van der Waals surface area contributed by atoms with Gasteiger partial charge in [0.25, 0.3) is 0 Å². The Hall–Kier alpha value is -0.0800. The van der Waals surface area contributed by atoms with Crippen LogP contribution in [0.1, 0.15) is 71.1 Å². The highest BCUT2D eigenvalue weighted by Gasteiger charge is 2.35. The summed E-state index contributed by atoms with van der Waals surface area (Å²) in [7, 11) is 0. The highest BCUT2D eigenvalue weighted by atomic mass is 15.2. The van der Waals surface area contributed by atoms with Gasteiger partial charge in [0.05, 0.1) is 0 Å². The van der Waals surface area contributed by atoms with E-state index in [-0.39, 0.29) is 0 Å². The van der Waals surface area contributed by atoms with Crippen molar-refractivity contribution >= 4 is 0 Å². The molecule has 0 spiro atoms. The van der Waals surface area contributed by atoms with E-state index in [1.54, 1.807) is 0 Å². The van der Waals surface area contributed by atoms with Crippen molar-refractivity contribution in [3.8, 4) is 0 Å². The van der Waals surface area contributed by atoms with Crippen LogP contribution in [-0.2, 0) is 0 Å². The van der Waals surface area contributed by atoms with Crippen LogP contribution in [0.4, 0.5) is 0 Å². The minimum absolute atomic E-state index is 0.787. The lowest BCUT2D eigenvalue weighted by Gasteiger charge is -2.36. The molecule has 3 unspecified atom stereocenters. The van der Waals surface area contributed by atoms with Gasteiger partial charge in [-0.2, -0.15) is 0 Å². The number of piperidine rings is 1. The summed E-state index contributed by atoms with van der Waals surface area (Å²) in [4.78, 5) is 2.92. The van der Waals surface area contributed by atoms with Crippen molar-refractivity contribution in [3.63, 3.8) is 0 Å². The fourth-order valence-corrected chi connectivity index (χ4v) is 4.14. The lowest BCUT2D eigenvalue weighted by Crippen LogP contribution is -2.48. The van der Waals surface area contributed by atoms with Crippen molar-refractivity contribution in [2.24, 2.45) is 5.92 Å². The third-order valence-corrected chi connectivity index (χ3v) is 5.56. The second-order valence-electron chi connectivity index (χ2n) is 7.34. The Morgan fingerprint density at radius 3 is 2.37 bits per heavy atom. The molecule has 3 rings (SSSR count). The third kappa shape index (κ3) is 3.95. The predicted octanol–water partition coefficient (Wildman–Crippen LogP) is 3.56. The van der Waals surface area contributed by atoms with Crippen molar-refractivity contribution in [2.75, 3.05) is 13.1 Å². The second-order valence-corrected chi connectivity index (χ2v) is 7.34. The minimum atomic E-state index is 0.787. The molecule has 0 radical (unpaired) electrons. The maximum Gasteiger partial charge on any atom is 0.0195 e. The number of rotatable bonds is 4. The number of hydrogen-bond acceptors (Lipinski definition) is 2. The van der Waals surface area contributed by atoms with Gasteiger partial charge in [0.15, 0.2) is 0 Å². The van der Waals surface area contributed by atoms with Crippen LogP contribution < -0.4 is 5.32 Å². The van der Waals surface area contributed by atoms with E-state index in [0.29, 0.717) is 0 Å². The summed E-state index contributed by atoms with van der Waals surface area (Å²) >= 11 is 0. The van der Waals surface area contributed by atoms with Gasteiger partial charge in [0, 0.05) is 24.7 Å². The van der Waals surface area contributed by atoms with Crippen LogP contribution in [0.3, 0.4) is 0 Å². The van der Waals surface area contributed by atoms with Gasteiger partial charge < -0.3 is 5.32 Å². The third-order valence-electron chi connectivity index (χ3n) is 5.56. The second kappa shape index (κ2) is 6.58. The summed E-state index contributed by atoms with van der Waals surface area (Å²) in [5, 5.41) is 3.75. The Bertz CT molecular complexity index is 268. The molecule has 2 aliphatic carbocycles. The standard InChI is InChI=1S/C17H32N2/c1-14-5-4-7-16(9-8-14)19(17-10-11-17)13-15-6-2-3-12-18-15/h14-18H,2-13H2,1H3. The quantitative estimate of drug-likeness (QED) is 0.781. The van der Waals surface area contributed by atoms with Crippen LogP contribution in [0.5, 0.6) is 0 Å². The average Bonchev–Trinajstić information content (AvgIpc) is 3.25. The van der Waals surface area contributed by atoms with Crippen LogP contribution in [0.2, 0.25) is 0 Å². The molecular formula is C17H32N2. The first-order valence-electron chi connectivity index (χ1n) is 8.82. The summed E-state index contributed by atoms with van der Waals surface area (Å²) in [6.45, 7) is 5.04. The van der Waals surface area contributed by atoms with E-state index in [2.05, 4.69) is 17.1 Å². The zero-order valence-corrected chi connectivity index (χ0v) is 12.7. The van der Waals surface area contributed by atoms with Crippen molar-refractivity contribution in [2.45, 2.75) is 89.3 Å².